The SMILES string of the molecule is Nc1cncc(F)c1CC[C@@H]1CN(C(=O)O)[C@@H](COC(=O)NCC(F)(F)F)CO1. The fraction of sp³-hybridized carbons (Fsp3) is 0.562. The predicted octanol–water partition coefficient (Wildman–Crippen LogP) is 1.77. The molecule has 9 nitrogen and oxygen atoms in total. The first-order chi connectivity index (χ1) is 13.6. The second-order valence-electron chi connectivity index (χ2n) is 6.34. The summed E-state index contributed by atoms with van der Waals surface area (Å²) < 4.78 is 60.1. The van der Waals surface area contributed by atoms with Crippen LogP contribution in [0.1, 0.15) is 12.0 Å². The van der Waals surface area contributed by atoms with E-state index in [0.717, 1.165) is 11.1 Å². The minimum absolute atomic E-state index is 0.0832. The van der Waals surface area contributed by atoms with E-state index in [-0.39, 0.29) is 37.2 Å². The average Bonchev–Trinajstić information content (AvgIpc) is 2.64. The fourth-order valence-corrected chi connectivity index (χ4v) is 2.75. The van der Waals surface area contributed by atoms with Gasteiger partial charge < -0.3 is 25.6 Å². The highest BCUT2D eigenvalue weighted by molar-refractivity contribution is 5.68. The van der Waals surface area contributed by atoms with E-state index in [2.05, 4.69) is 9.72 Å². The smallest absolute Gasteiger partial charge is 0.407 e. The lowest BCUT2D eigenvalue weighted by Gasteiger charge is -2.37. The zero-order valence-electron chi connectivity index (χ0n) is 15.1. The Hall–Kier alpha value is -2.83. The van der Waals surface area contributed by atoms with Crippen molar-refractivity contribution in [2.45, 2.75) is 31.2 Å². The maximum atomic E-state index is 13.8. The Labute approximate surface area is 162 Å². The number of alkyl carbamates (subject to hydrolysis) is 1. The number of nitrogens with zero attached hydrogens (tertiary/aromatic N) is 2. The van der Waals surface area contributed by atoms with Crippen LogP contribution in [0.5, 0.6) is 0 Å². The van der Waals surface area contributed by atoms with E-state index in [9.17, 15) is 32.3 Å². The molecule has 0 aromatic carbocycles. The topological polar surface area (TPSA) is 127 Å². The standard InChI is InChI=1S/C16H20F4N4O5/c17-12-3-22-4-13(21)11(12)2-1-10-5-24(15(26)27)9(6-28-10)7-29-14(25)23-8-16(18,19)20/h3-4,9-10H,1-2,5-8,21H2,(H,23,25)(H,26,27)/t9-,10-/m1/s1. The summed E-state index contributed by atoms with van der Waals surface area (Å²) >= 11 is 0. The van der Waals surface area contributed by atoms with Crippen molar-refractivity contribution in [3.63, 3.8) is 0 Å². The number of carbonyl (C=O) groups is 2. The number of ether oxygens (including phenoxy) is 2. The highest BCUT2D eigenvalue weighted by Crippen LogP contribution is 2.21. The maximum absolute atomic E-state index is 13.8. The molecule has 0 aliphatic carbocycles. The molecule has 2 amide bonds. The van der Waals surface area contributed by atoms with Gasteiger partial charge in [0.2, 0.25) is 0 Å². The van der Waals surface area contributed by atoms with Gasteiger partial charge in [0.15, 0.2) is 0 Å². The van der Waals surface area contributed by atoms with Gasteiger partial charge in [-0.25, -0.2) is 14.0 Å². The van der Waals surface area contributed by atoms with Gasteiger partial charge in [0.25, 0.3) is 0 Å². The molecule has 162 valence electrons. The van der Waals surface area contributed by atoms with Gasteiger partial charge in [0.1, 0.15) is 19.0 Å². The zero-order valence-corrected chi connectivity index (χ0v) is 15.1. The van der Waals surface area contributed by atoms with Gasteiger partial charge in [-0.05, 0) is 12.8 Å². The van der Waals surface area contributed by atoms with Crippen LogP contribution in [-0.4, -0.2) is 71.8 Å². The van der Waals surface area contributed by atoms with Crippen molar-refractivity contribution in [2.24, 2.45) is 0 Å². The molecule has 0 saturated carbocycles. The Balaban J connectivity index is 1.86. The van der Waals surface area contributed by atoms with Crippen molar-refractivity contribution in [3.05, 3.63) is 23.8 Å². The van der Waals surface area contributed by atoms with Crippen molar-refractivity contribution in [3.8, 4) is 0 Å². The van der Waals surface area contributed by atoms with Crippen molar-refractivity contribution >= 4 is 17.9 Å². The van der Waals surface area contributed by atoms with Gasteiger partial charge in [-0.3, -0.25) is 9.88 Å². The normalized spacial score (nSPS) is 19.7. The first-order valence-electron chi connectivity index (χ1n) is 8.53. The minimum atomic E-state index is -4.59. The zero-order chi connectivity index (χ0) is 21.6. The third-order valence-electron chi connectivity index (χ3n) is 4.21. The number of alkyl halides is 3. The van der Waals surface area contributed by atoms with Crippen LogP contribution < -0.4 is 11.1 Å². The first kappa shape index (κ1) is 22.5. The number of aromatic nitrogens is 1. The van der Waals surface area contributed by atoms with Crippen molar-refractivity contribution in [2.75, 3.05) is 32.0 Å². The number of carboxylic acid groups (broad SMARTS) is 1. The number of halogens is 4. The summed E-state index contributed by atoms with van der Waals surface area (Å²) in [6.45, 7) is -2.26. The third kappa shape index (κ3) is 6.93. The molecule has 2 atom stereocenters. The largest absolute Gasteiger partial charge is 0.465 e. The monoisotopic (exact) mass is 424 g/mol. The Morgan fingerprint density at radius 1 is 1.41 bits per heavy atom. The number of anilines is 1. The molecular formula is C16H20F4N4O5. The molecule has 2 heterocycles. The number of hydrogen-bond donors (Lipinski definition) is 3. The number of nitrogens with two attached hydrogens (primary N) is 1. The number of hydrogen-bond acceptors (Lipinski definition) is 6. The fourth-order valence-electron chi connectivity index (χ4n) is 2.75. The molecule has 2 rings (SSSR count). The Kier molecular flexibility index (Phi) is 7.42. The molecule has 0 radical (unpaired) electrons. The molecule has 0 bridgehead atoms. The lowest BCUT2D eigenvalue weighted by atomic mass is 10.0. The number of amides is 2. The van der Waals surface area contributed by atoms with E-state index in [1.54, 1.807) is 0 Å². The number of nitrogens with one attached hydrogen (secondary N) is 1. The van der Waals surface area contributed by atoms with Gasteiger partial charge >= 0.3 is 18.4 Å². The molecule has 13 heteroatoms. The predicted molar refractivity (Wildman–Crippen MR) is 90.6 cm³/mol. The quantitative estimate of drug-likeness (QED) is 0.594. The van der Waals surface area contributed by atoms with E-state index in [1.165, 1.54) is 11.5 Å². The van der Waals surface area contributed by atoms with E-state index >= 15 is 0 Å². The molecule has 1 aromatic rings. The summed E-state index contributed by atoms with van der Waals surface area (Å²) in [5.41, 5.74) is 6.10. The number of carbonyl (C=O) groups excluding carboxylic acids is 1. The van der Waals surface area contributed by atoms with Crippen LogP contribution in [-0.2, 0) is 15.9 Å². The van der Waals surface area contributed by atoms with Gasteiger partial charge in [-0.2, -0.15) is 13.2 Å². The molecule has 1 fully saturated rings. The second-order valence-corrected chi connectivity index (χ2v) is 6.34. The van der Waals surface area contributed by atoms with Crippen LogP contribution in [0.4, 0.5) is 32.8 Å². The molecule has 1 aromatic heterocycles. The molecule has 29 heavy (non-hydrogen) atoms. The Morgan fingerprint density at radius 3 is 2.76 bits per heavy atom. The molecule has 1 saturated heterocycles. The Bertz CT molecular complexity index is 714. The second kappa shape index (κ2) is 9.58. The highest BCUT2D eigenvalue weighted by atomic mass is 19.4. The average molecular weight is 424 g/mol. The first-order valence-corrected chi connectivity index (χ1v) is 8.53. The van der Waals surface area contributed by atoms with Gasteiger partial charge in [0, 0.05) is 5.56 Å². The number of rotatable bonds is 6. The molecule has 0 unspecified atom stereocenters. The summed E-state index contributed by atoms with van der Waals surface area (Å²) in [6, 6.07) is -0.886. The van der Waals surface area contributed by atoms with Crippen LogP contribution in [0, 0.1) is 5.82 Å². The van der Waals surface area contributed by atoms with E-state index < -0.39 is 49.5 Å². The summed E-state index contributed by atoms with van der Waals surface area (Å²) in [6.07, 6.45) is -4.99. The number of nitrogen functional groups attached to an aromatic ring is 1. The summed E-state index contributed by atoms with van der Waals surface area (Å²) in [7, 11) is 0. The maximum Gasteiger partial charge on any atom is 0.407 e. The van der Waals surface area contributed by atoms with Gasteiger partial charge in [-0.1, -0.05) is 0 Å². The molecular weight excluding hydrogens is 404 g/mol. The lowest BCUT2D eigenvalue weighted by molar-refractivity contribution is -0.124. The molecule has 4 N–H and O–H groups in total. The summed E-state index contributed by atoms with van der Waals surface area (Å²) in [5, 5.41) is 10.9. The van der Waals surface area contributed by atoms with Crippen molar-refractivity contribution < 1.29 is 41.7 Å². The van der Waals surface area contributed by atoms with Crippen LogP contribution in [0.3, 0.4) is 0 Å². The molecule has 1 aliphatic heterocycles. The lowest BCUT2D eigenvalue weighted by Crippen LogP contribution is -2.54. The molecule has 1 aliphatic rings. The van der Waals surface area contributed by atoms with E-state index in [4.69, 9.17) is 10.5 Å². The Morgan fingerprint density at radius 2 is 2.14 bits per heavy atom. The van der Waals surface area contributed by atoms with Crippen LogP contribution in [0.15, 0.2) is 12.4 Å². The van der Waals surface area contributed by atoms with Crippen LogP contribution >= 0.6 is 0 Å². The highest BCUT2D eigenvalue weighted by Gasteiger charge is 2.34. The van der Waals surface area contributed by atoms with Crippen LogP contribution in [0.25, 0.3) is 0 Å². The summed E-state index contributed by atoms with van der Waals surface area (Å²) in [5.74, 6) is -0.577. The van der Waals surface area contributed by atoms with Crippen molar-refractivity contribution in [1.82, 2.24) is 15.2 Å². The number of pyridine rings is 1. The van der Waals surface area contributed by atoms with Crippen LogP contribution in [0.2, 0.25) is 0 Å². The van der Waals surface area contributed by atoms with Gasteiger partial charge in [0.05, 0.1) is 43.4 Å². The minimum Gasteiger partial charge on any atom is -0.465 e. The van der Waals surface area contributed by atoms with E-state index in [1.807, 2.05) is 0 Å². The van der Waals surface area contributed by atoms with E-state index in [0.29, 0.717) is 0 Å². The third-order valence-corrected chi connectivity index (χ3v) is 4.21. The van der Waals surface area contributed by atoms with Crippen molar-refractivity contribution in [1.29, 1.82) is 0 Å². The van der Waals surface area contributed by atoms with Gasteiger partial charge in [-0.15, -0.1) is 0 Å². The number of morpholine rings is 1. The summed E-state index contributed by atoms with van der Waals surface area (Å²) in [4.78, 5) is 27.4. The molecule has 0 spiro atoms.